The monoisotopic (exact) mass is 542 g/mol. The van der Waals surface area contributed by atoms with Crippen molar-refractivity contribution >= 4 is 39.8 Å². The molecule has 7 heteroatoms. The summed E-state index contributed by atoms with van der Waals surface area (Å²) < 4.78 is 26.0. The highest BCUT2D eigenvalue weighted by Crippen LogP contribution is 2.43. The molecule has 1 aliphatic carbocycles. The molecule has 2 atom stereocenters. The van der Waals surface area contributed by atoms with Gasteiger partial charge in [0.05, 0.1) is 6.42 Å². The van der Waals surface area contributed by atoms with Crippen LogP contribution in [-0.4, -0.2) is 40.3 Å². The Morgan fingerprint density at radius 3 is 2.54 bits per heavy atom. The van der Waals surface area contributed by atoms with E-state index in [4.69, 9.17) is 0 Å². The molecule has 1 heterocycles. The molecule has 0 saturated carbocycles. The molecule has 39 heavy (non-hydrogen) atoms. The summed E-state index contributed by atoms with van der Waals surface area (Å²) in [5.41, 5.74) is 6.31. The van der Waals surface area contributed by atoms with Gasteiger partial charge in [-0.25, -0.2) is 4.39 Å². The SMILES string of the molecule is CC1=C(CC(=O)NCC2CC(=O)N(Cc3ccccc3)C2)c2cc(F)ccc2C1=Cc1ccc(S(C)=O)cc1. The predicted octanol–water partition coefficient (Wildman–Crippen LogP) is 5.45. The normalized spacial score (nSPS) is 18.5. The van der Waals surface area contributed by atoms with E-state index in [1.165, 1.54) is 12.1 Å². The van der Waals surface area contributed by atoms with E-state index in [1.54, 1.807) is 12.3 Å². The summed E-state index contributed by atoms with van der Waals surface area (Å²) in [5.74, 6) is -0.336. The van der Waals surface area contributed by atoms with Gasteiger partial charge in [-0.2, -0.15) is 0 Å². The zero-order chi connectivity index (χ0) is 27.5. The van der Waals surface area contributed by atoms with Crippen LogP contribution in [-0.2, 0) is 26.9 Å². The number of amides is 2. The number of benzene rings is 3. The zero-order valence-corrected chi connectivity index (χ0v) is 22.9. The van der Waals surface area contributed by atoms with Crippen LogP contribution in [0.1, 0.15) is 42.0 Å². The summed E-state index contributed by atoms with van der Waals surface area (Å²) in [6, 6.07) is 22.1. The molecular weight excluding hydrogens is 511 g/mol. The second kappa shape index (κ2) is 11.5. The predicted molar refractivity (Wildman–Crippen MR) is 153 cm³/mol. The lowest BCUT2D eigenvalue weighted by Gasteiger charge is -2.17. The highest BCUT2D eigenvalue weighted by atomic mass is 32.2. The first-order valence-electron chi connectivity index (χ1n) is 13.0. The van der Waals surface area contributed by atoms with Crippen molar-refractivity contribution < 1.29 is 18.2 Å². The molecular formula is C32H31FN2O3S. The molecule has 3 aromatic carbocycles. The Labute approximate surface area is 230 Å². The van der Waals surface area contributed by atoms with Gasteiger partial charge in [0.25, 0.3) is 0 Å². The van der Waals surface area contributed by atoms with Crippen molar-refractivity contribution in [3.8, 4) is 0 Å². The molecule has 1 saturated heterocycles. The van der Waals surface area contributed by atoms with E-state index in [9.17, 15) is 18.2 Å². The van der Waals surface area contributed by atoms with Crippen molar-refractivity contribution in [2.45, 2.75) is 31.2 Å². The number of nitrogens with one attached hydrogen (secondary N) is 1. The molecule has 0 radical (unpaired) electrons. The Kier molecular flexibility index (Phi) is 7.89. The lowest BCUT2D eigenvalue weighted by molar-refractivity contribution is -0.128. The van der Waals surface area contributed by atoms with Crippen molar-refractivity contribution in [3.05, 3.63) is 106 Å². The fourth-order valence-electron chi connectivity index (χ4n) is 5.33. The van der Waals surface area contributed by atoms with Gasteiger partial charge in [0.1, 0.15) is 5.82 Å². The molecule has 0 aromatic heterocycles. The zero-order valence-electron chi connectivity index (χ0n) is 22.1. The van der Waals surface area contributed by atoms with Crippen LogP contribution in [0.5, 0.6) is 0 Å². The van der Waals surface area contributed by atoms with Crippen LogP contribution >= 0.6 is 0 Å². The summed E-state index contributed by atoms with van der Waals surface area (Å²) in [6.07, 6.45) is 4.21. The number of hydrogen-bond donors (Lipinski definition) is 1. The van der Waals surface area contributed by atoms with Crippen molar-refractivity contribution in [1.29, 1.82) is 0 Å². The summed E-state index contributed by atoms with van der Waals surface area (Å²) in [4.78, 5) is 28.1. The minimum atomic E-state index is -1.05. The van der Waals surface area contributed by atoms with E-state index in [-0.39, 0.29) is 30.0 Å². The third-order valence-electron chi connectivity index (χ3n) is 7.41. The van der Waals surface area contributed by atoms with Crippen molar-refractivity contribution in [2.24, 2.45) is 5.92 Å². The van der Waals surface area contributed by atoms with Gasteiger partial charge in [0.2, 0.25) is 11.8 Å². The molecule has 1 aliphatic heterocycles. The van der Waals surface area contributed by atoms with Crippen molar-refractivity contribution in [3.63, 3.8) is 0 Å². The van der Waals surface area contributed by atoms with E-state index >= 15 is 0 Å². The molecule has 0 spiro atoms. The second-order valence-electron chi connectivity index (χ2n) is 10.2. The van der Waals surface area contributed by atoms with Crippen LogP contribution in [0.3, 0.4) is 0 Å². The molecule has 0 bridgehead atoms. The molecule has 1 N–H and O–H groups in total. The number of likely N-dealkylation sites (tertiary alicyclic amines) is 1. The molecule has 2 amide bonds. The fourth-order valence-corrected chi connectivity index (χ4v) is 5.85. The minimum Gasteiger partial charge on any atom is -0.355 e. The maximum Gasteiger partial charge on any atom is 0.224 e. The van der Waals surface area contributed by atoms with Gasteiger partial charge in [-0.15, -0.1) is 0 Å². The number of hydrogen-bond acceptors (Lipinski definition) is 3. The smallest absolute Gasteiger partial charge is 0.224 e. The van der Waals surface area contributed by atoms with E-state index in [2.05, 4.69) is 5.32 Å². The first-order chi connectivity index (χ1) is 18.8. The second-order valence-corrected chi connectivity index (χ2v) is 11.6. The number of allylic oxidation sites excluding steroid dienone is 2. The lowest BCUT2D eigenvalue weighted by atomic mass is 10.0. The van der Waals surface area contributed by atoms with Crippen LogP contribution in [0, 0.1) is 11.7 Å². The molecule has 3 aromatic rings. The Morgan fingerprint density at radius 1 is 1.08 bits per heavy atom. The lowest BCUT2D eigenvalue weighted by Crippen LogP contribution is -2.31. The summed E-state index contributed by atoms with van der Waals surface area (Å²) in [5, 5.41) is 3.01. The number of rotatable bonds is 8. The number of fused-ring (bicyclic) bond motifs is 1. The largest absolute Gasteiger partial charge is 0.355 e. The highest BCUT2D eigenvalue weighted by Gasteiger charge is 2.30. The van der Waals surface area contributed by atoms with Gasteiger partial charge in [0.15, 0.2) is 0 Å². The van der Waals surface area contributed by atoms with Gasteiger partial charge >= 0.3 is 0 Å². The topological polar surface area (TPSA) is 66.5 Å². The maximum atomic E-state index is 14.2. The number of carbonyl (C=O) groups excluding carboxylic acids is 2. The first-order valence-corrected chi connectivity index (χ1v) is 14.6. The molecule has 5 nitrogen and oxygen atoms in total. The van der Waals surface area contributed by atoms with Crippen LogP contribution in [0.15, 0.2) is 83.3 Å². The van der Waals surface area contributed by atoms with Gasteiger partial charge in [-0.3, -0.25) is 13.8 Å². The number of nitrogens with zero attached hydrogens (tertiary/aromatic N) is 1. The van der Waals surface area contributed by atoms with Crippen LogP contribution in [0.25, 0.3) is 17.2 Å². The highest BCUT2D eigenvalue weighted by molar-refractivity contribution is 7.84. The minimum absolute atomic E-state index is 0.0597. The quantitative estimate of drug-likeness (QED) is 0.412. The summed E-state index contributed by atoms with van der Waals surface area (Å²) >= 11 is 0. The molecule has 2 unspecified atom stereocenters. The van der Waals surface area contributed by atoms with E-state index in [0.717, 1.165) is 43.9 Å². The summed E-state index contributed by atoms with van der Waals surface area (Å²) in [7, 11) is -1.05. The Bertz CT molecular complexity index is 1500. The van der Waals surface area contributed by atoms with Crippen LogP contribution < -0.4 is 5.32 Å². The Morgan fingerprint density at radius 2 is 1.82 bits per heavy atom. The average molecular weight is 543 g/mol. The Balaban J connectivity index is 1.27. The third kappa shape index (κ3) is 6.09. The van der Waals surface area contributed by atoms with Gasteiger partial charge in [-0.1, -0.05) is 48.5 Å². The van der Waals surface area contributed by atoms with Crippen molar-refractivity contribution in [2.75, 3.05) is 19.3 Å². The molecule has 200 valence electrons. The first kappa shape index (κ1) is 26.8. The molecule has 1 fully saturated rings. The summed E-state index contributed by atoms with van der Waals surface area (Å²) in [6.45, 7) is 3.57. The maximum absolute atomic E-state index is 14.2. The molecule has 2 aliphatic rings. The standard InChI is InChI=1S/C32H31FN2O3S/c1-21-28(14-22-8-11-26(12-9-22)39(2)38)27-13-10-25(33)16-30(27)29(21)17-31(36)34-18-24-15-32(37)35(20-24)19-23-6-4-3-5-7-23/h3-14,16,24H,15,17-20H2,1-2H3,(H,34,36). The van der Waals surface area contributed by atoms with Gasteiger partial charge in [0, 0.05) is 53.9 Å². The average Bonchev–Trinajstić information content (AvgIpc) is 3.39. The molecule has 5 rings (SSSR count). The fraction of sp³-hybridized carbons (Fsp3) is 0.250. The van der Waals surface area contributed by atoms with Gasteiger partial charge in [-0.05, 0) is 76.2 Å². The van der Waals surface area contributed by atoms with E-state index in [1.807, 2.05) is 72.5 Å². The van der Waals surface area contributed by atoms with E-state index in [0.29, 0.717) is 26.1 Å². The number of halogens is 1. The number of carbonyl (C=O) groups is 2. The van der Waals surface area contributed by atoms with Crippen LogP contribution in [0.2, 0.25) is 0 Å². The third-order valence-corrected chi connectivity index (χ3v) is 8.35. The Hall–Kier alpha value is -3.84. The van der Waals surface area contributed by atoms with Gasteiger partial charge < -0.3 is 10.2 Å². The van der Waals surface area contributed by atoms with Crippen LogP contribution in [0.4, 0.5) is 4.39 Å². The van der Waals surface area contributed by atoms with E-state index < -0.39 is 10.8 Å². The van der Waals surface area contributed by atoms with Crippen molar-refractivity contribution in [1.82, 2.24) is 10.2 Å².